The number of halogens is 2. The van der Waals surface area contributed by atoms with E-state index < -0.39 is 4.92 Å². The van der Waals surface area contributed by atoms with Crippen LogP contribution >= 0.6 is 55.8 Å². The Morgan fingerprint density at radius 2 is 1.77 bits per heavy atom. The van der Waals surface area contributed by atoms with E-state index in [0.29, 0.717) is 29.4 Å². The molecule has 0 aromatic heterocycles. The van der Waals surface area contributed by atoms with Crippen molar-refractivity contribution in [3.8, 4) is 5.75 Å². The Morgan fingerprint density at radius 3 is 2.31 bits per heavy atom. The van der Waals surface area contributed by atoms with Gasteiger partial charge in [0.1, 0.15) is 5.75 Å². The lowest BCUT2D eigenvalue weighted by Crippen LogP contribution is -2.27. The molecule has 2 aromatic rings. The Kier molecular flexibility index (Phi) is 5.47. The lowest BCUT2D eigenvalue weighted by Gasteiger charge is -2.13. The highest BCUT2D eigenvalue weighted by Crippen LogP contribution is 2.38. The lowest BCUT2D eigenvalue weighted by atomic mass is 10.2. The number of thiocarbonyl (C=S) groups is 1. The van der Waals surface area contributed by atoms with Gasteiger partial charge < -0.3 is 5.11 Å². The molecule has 2 aromatic carbocycles. The van der Waals surface area contributed by atoms with Crippen LogP contribution in [-0.4, -0.2) is 20.3 Å². The fourth-order valence-electron chi connectivity index (χ4n) is 2.23. The molecule has 6 nitrogen and oxygen atoms in total. The highest BCUT2D eigenvalue weighted by Gasteiger charge is 2.33. The Balaban J connectivity index is 1.92. The molecule has 1 aliphatic heterocycles. The van der Waals surface area contributed by atoms with Crippen molar-refractivity contribution >= 4 is 83.5 Å². The van der Waals surface area contributed by atoms with Crippen molar-refractivity contribution in [1.29, 1.82) is 0 Å². The van der Waals surface area contributed by atoms with Crippen LogP contribution in [0.4, 0.5) is 11.4 Å². The number of aromatic hydroxyl groups is 1. The van der Waals surface area contributed by atoms with Crippen LogP contribution in [0.15, 0.2) is 50.2 Å². The molecule has 0 spiro atoms. The number of benzene rings is 2. The summed E-state index contributed by atoms with van der Waals surface area (Å²) in [7, 11) is 0. The van der Waals surface area contributed by atoms with Gasteiger partial charge in [-0.25, -0.2) is 0 Å². The van der Waals surface area contributed by atoms with Crippen molar-refractivity contribution in [2.75, 3.05) is 4.90 Å². The number of carbonyl (C=O) groups excluding carboxylic acids is 1. The number of rotatable bonds is 3. The molecule has 3 rings (SSSR count). The second kappa shape index (κ2) is 7.47. The number of nitro groups is 1. The Bertz CT molecular complexity index is 954. The predicted octanol–water partition coefficient (Wildman–Crippen LogP) is 5.23. The Morgan fingerprint density at radius 1 is 1.19 bits per heavy atom. The summed E-state index contributed by atoms with van der Waals surface area (Å²) in [6, 6.07) is 8.98. The molecule has 1 amide bonds. The fourth-order valence-corrected chi connectivity index (χ4v) is 4.75. The van der Waals surface area contributed by atoms with Gasteiger partial charge in [0.05, 0.1) is 24.5 Å². The number of amides is 1. The average molecular weight is 516 g/mol. The van der Waals surface area contributed by atoms with Crippen molar-refractivity contribution in [2.24, 2.45) is 0 Å². The van der Waals surface area contributed by atoms with Crippen LogP contribution in [0.5, 0.6) is 5.75 Å². The van der Waals surface area contributed by atoms with Gasteiger partial charge in [-0.1, -0.05) is 24.0 Å². The molecule has 0 aliphatic carbocycles. The Labute approximate surface area is 174 Å². The number of thioether (sulfide) groups is 1. The summed E-state index contributed by atoms with van der Waals surface area (Å²) in [5.41, 5.74) is 1.11. The van der Waals surface area contributed by atoms with Crippen molar-refractivity contribution in [2.45, 2.75) is 0 Å². The standard InChI is InChI=1S/C16H8Br2N2O4S2/c17-11-5-8(6-12(18)14(11)21)7-13-15(22)19(16(25)26-13)9-1-3-10(4-2-9)20(23)24/h1-7,21H/b13-7-. The van der Waals surface area contributed by atoms with Crippen LogP contribution in [0, 0.1) is 10.1 Å². The fraction of sp³-hybridized carbons (Fsp3) is 0. The van der Waals surface area contributed by atoms with Crippen LogP contribution in [0.3, 0.4) is 0 Å². The zero-order valence-corrected chi connectivity index (χ0v) is 17.5. The maximum atomic E-state index is 12.7. The summed E-state index contributed by atoms with van der Waals surface area (Å²) in [6.45, 7) is 0. The highest BCUT2D eigenvalue weighted by molar-refractivity contribution is 9.11. The monoisotopic (exact) mass is 514 g/mol. The average Bonchev–Trinajstić information content (AvgIpc) is 2.86. The first-order chi connectivity index (χ1) is 12.3. The number of hydrogen-bond acceptors (Lipinski definition) is 6. The zero-order chi connectivity index (χ0) is 19.0. The van der Waals surface area contributed by atoms with Crippen molar-refractivity contribution in [3.63, 3.8) is 0 Å². The molecule has 0 atom stereocenters. The van der Waals surface area contributed by atoms with E-state index in [1.807, 2.05) is 0 Å². The molecule has 1 fully saturated rings. The van der Waals surface area contributed by atoms with Crippen LogP contribution in [0.25, 0.3) is 6.08 Å². The Hall–Kier alpha value is -1.75. The van der Waals surface area contributed by atoms with Gasteiger partial charge >= 0.3 is 0 Å². The smallest absolute Gasteiger partial charge is 0.270 e. The minimum Gasteiger partial charge on any atom is -0.506 e. The third-order valence-electron chi connectivity index (χ3n) is 3.45. The molecule has 0 unspecified atom stereocenters. The van der Waals surface area contributed by atoms with E-state index in [1.165, 1.54) is 29.2 Å². The normalized spacial score (nSPS) is 15.8. The SMILES string of the molecule is O=C1/C(=C/c2cc(Br)c(O)c(Br)c2)SC(=S)N1c1ccc([N+](=O)[O-])cc1. The molecule has 132 valence electrons. The van der Waals surface area contributed by atoms with E-state index >= 15 is 0 Å². The van der Waals surface area contributed by atoms with Gasteiger partial charge in [0, 0.05) is 12.1 Å². The minimum absolute atomic E-state index is 0.0615. The molecule has 1 heterocycles. The molecule has 0 saturated carbocycles. The minimum atomic E-state index is -0.505. The van der Waals surface area contributed by atoms with Crippen LogP contribution in [0.2, 0.25) is 0 Å². The number of nitro benzene ring substituents is 1. The van der Waals surface area contributed by atoms with E-state index in [2.05, 4.69) is 31.9 Å². The number of anilines is 1. The third kappa shape index (κ3) is 3.68. The molecule has 0 bridgehead atoms. The van der Waals surface area contributed by atoms with Crippen LogP contribution in [-0.2, 0) is 4.79 Å². The van der Waals surface area contributed by atoms with Crippen LogP contribution in [0.1, 0.15) is 5.56 Å². The molecular weight excluding hydrogens is 508 g/mol. The largest absolute Gasteiger partial charge is 0.506 e. The van der Waals surface area contributed by atoms with Gasteiger partial charge in [0.25, 0.3) is 11.6 Å². The van der Waals surface area contributed by atoms with E-state index in [0.717, 1.165) is 11.8 Å². The number of phenolic OH excluding ortho intramolecular Hbond substituents is 1. The van der Waals surface area contributed by atoms with E-state index in [1.54, 1.807) is 18.2 Å². The first-order valence-corrected chi connectivity index (χ1v) is 9.79. The first-order valence-electron chi connectivity index (χ1n) is 6.98. The van der Waals surface area contributed by atoms with Crippen molar-refractivity contribution in [1.82, 2.24) is 0 Å². The number of hydrogen-bond donors (Lipinski definition) is 1. The third-order valence-corrected chi connectivity index (χ3v) is 5.96. The summed E-state index contributed by atoms with van der Waals surface area (Å²) in [5.74, 6) is -0.241. The summed E-state index contributed by atoms with van der Waals surface area (Å²) < 4.78 is 1.32. The van der Waals surface area contributed by atoms with E-state index in [4.69, 9.17) is 12.2 Å². The summed E-state index contributed by atoms with van der Waals surface area (Å²) in [5, 5.41) is 20.5. The van der Waals surface area contributed by atoms with Gasteiger partial charge in [0.2, 0.25) is 0 Å². The van der Waals surface area contributed by atoms with Crippen molar-refractivity contribution in [3.05, 3.63) is 65.9 Å². The number of nitrogens with zero attached hydrogens (tertiary/aromatic N) is 2. The quantitative estimate of drug-likeness (QED) is 0.261. The van der Waals surface area contributed by atoms with Gasteiger partial charge in [-0.3, -0.25) is 19.8 Å². The predicted molar refractivity (Wildman–Crippen MR) is 112 cm³/mol. The van der Waals surface area contributed by atoms with Gasteiger partial charge in [0.15, 0.2) is 4.32 Å². The number of phenols is 1. The summed E-state index contributed by atoms with van der Waals surface area (Å²) in [6.07, 6.45) is 1.67. The molecular formula is C16H8Br2N2O4S2. The van der Waals surface area contributed by atoms with Gasteiger partial charge in [-0.15, -0.1) is 0 Å². The second-order valence-corrected chi connectivity index (χ2v) is 8.51. The number of non-ortho nitro benzene ring substituents is 1. The van der Waals surface area contributed by atoms with Gasteiger partial charge in [-0.05, 0) is 67.8 Å². The molecule has 1 saturated heterocycles. The first kappa shape index (κ1) is 19.0. The number of carbonyl (C=O) groups is 1. The van der Waals surface area contributed by atoms with E-state index in [-0.39, 0.29) is 17.3 Å². The van der Waals surface area contributed by atoms with Crippen molar-refractivity contribution < 1.29 is 14.8 Å². The van der Waals surface area contributed by atoms with E-state index in [9.17, 15) is 20.0 Å². The molecule has 26 heavy (non-hydrogen) atoms. The maximum Gasteiger partial charge on any atom is 0.270 e. The maximum absolute atomic E-state index is 12.7. The lowest BCUT2D eigenvalue weighted by molar-refractivity contribution is -0.384. The van der Waals surface area contributed by atoms with Gasteiger partial charge in [-0.2, -0.15) is 0 Å². The molecule has 1 N–H and O–H groups in total. The summed E-state index contributed by atoms with van der Waals surface area (Å²) in [4.78, 5) is 24.7. The molecule has 10 heteroatoms. The molecule has 0 radical (unpaired) electrons. The molecule has 1 aliphatic rings. The zero-order valence-electron chi connectivity index (χ0n) is 12.7. The van der Waals surface area contributed by atoms with Crippen LogP contribution < -0.4 is 4.90 Å². The summed E-state index contributed by atoms with van der Waals surface area (Å²) >= 11 is 12.9. The topological polar surface area (TPSA) is 83.7 Å². The second-order valence-electron chi connectivity index (χ2n) is 5.12. The highest BCUT2D eigenvalue weighted by atomic mass is 79.9.